The molecule has 3 rings (SSSR count). The monoisotopic (exact) mass is 317 g/mol. The number of para-hydroxylation sites is 1. The molecule has 0 aliphatic heterocycles. The van der Waals surface area contributed by atoms with Crippen molar-refractivity contribution in [3.63, 3.8) is 0 Å². The lowest BCUT2D eigenvalue weighted by Gasteiger charge is -2.11. The number of hydrogen-bond acceptors (Lipinski definition) is 3. The largest absolute Gasteiger partial charge is 0.457 e. The van der Waals surface area contributed by atoms with E-state index < -0.39 is 0 Å². The van der Waals surface area contributed by atoms with Gasteiger partial charge in [0.15, 0.2) is 0 Å². The van der Waals surface area contributed by atoms with E-state index in [0.29, 0.717) is 0 Å². The van der Waals surface area contributed by atoms with Gasteiger partial charge in [0.1, 0.15) is 11.5 Å². The summed E-state index contributed by atoms with van der Waals surface area (Å²) in [5.74, 6) is 1.65. The highest BCUT2D eigenvalue weighted by Crippen LogP contribution is 2.26. The van der Waals surface area contributed by atoms with Gasteiger partial charge in [0, 0.05) is 0 Å². The van der Waals surface area contributed by atoms with Gasteiger partial charge < -0.3 is 10.5 Å². The number of halogens is 1. The molecule has 1 heterocycles. The number of hydrogen-bond donors (Lipinski definition) is 1. The van der Waals surface area contributed by atoms with Gasteiger partial charge >= 0.3 is 0 Å². The van der Waals surface area contributed by atoms with Gasteiger partial charge in [0.25, 0.3) is 0 Å². The predicted octanol–water partition coefficient (Wildman–Crippen LogP) is 5.01. The molecule has 0 bridgehead atoms. The lowest BCUT2D eigenvalue weighted by Crippen LogP contribution is -2.10. The molecule has 21 heavy (non-hydrogen) atoms. The summed E-state index contributed by atoms with van der Waals surface area (Å²) in [6, 6.07) is 19.7. The molecule has 0 radical (unpaired) electrons. The van der Waals surface area contributed by atoms with Crippen molar-refractivity contribution in [3.8, 4) is 11.5 Å². The van der Waals surface area contributed by atoms with Gasteiger partial charge in [-0.25, -0.2) is 0 Å². The van der Waals surface area contributed by atoms with Crippen LogP contribution in [0.1, 0.15) is 17.2 Å². The maximum Gasteiger partial charge on any atom is 0.127 e. The average Bonchev–Trinajstić information content (AvgIpc) is 3.03. The van der Waals surface area contributed by atoms with Gasteiger partial charge in [-0.2, -0.15) is 11.3 Å². The van der Waals surface area contributed by atoms with Crippen LogP contribution in [-0.4, -0.2) is 0 Å². The Morgan fingerprint density at radius 2 is 1.48 bits per heavy atom. The maximum atomic E-state index is 6.23. The van der Waals surface area contributed by atoms with Crippen LogP contribution < -0.4 is 10.5 Å². The van der Waals surface area contributed by atoms with Gasteiger partial charge in [0.2, 0.25) is 0 Å². The minimum atomic E-state index is -0.0768. The van der Waals surface area contributed by atoms with Crippen molar-refractivity contribution in [1.29, 1.82) is 0 Å². The fraction of sp³-hybridized carbons (Fsp3) is 0.0588. The van der Waals surface area contributed by atoms with Crippen LogP contribution in [0.4, 0.5) is 0 Å². The van der Waals surface area contributed by atoms with Crippen molar-refractivity contribution in [2.24, 2.45) is 5.73 Å². The molecule has 0 saturated heterocycles. The van der Waals surface area contributed by atoms with Gasteiger partial charge in [0.05, 0.1) is 6.04 Å². The second-order valence-electron chi connectivity index (χ2n) is 4.52. The number of rotatable bonds is 4. The molecule has 0 aliphatic carbocycles. The summed E-state index contributed by atoms with van der Waals surface area (Å²) in [5, 5.41) is 4.13. The molecule has 1 atom stereocenters. The Hall–Kier alpha value is -1.81. The quantitative estimate of drug-likeness (QED) is 0.734. The molecule has 0 aliphatic rings. The fourth-order valence-electron chi connectivity index (χ4n) is 2.01. The van der Waals surface area contributed by atoms with Crippen LogP contribution >= 0.6 is 23.7 Å². The van der Waals surface area contributed by atoms with E-state index in [1.807, 2.05) is 60.0 Å². The summed E-state index contributed by atoms with van der Waals surface area (Å²) in [6.07, 6.45) is 0. The van der Waals surface area contributed by atoms with E-state index in [0.717, 1.165) is 22.6 Å². The summed E-state index contributed by atoms with van der Waals surface area (Å²) < 4.78 is 5.77. The first kappa shape index (κ1) is 15.6. The van der Waals surface area contributed by atoms with Crippen molar-refractivity contribution in [3.05, 3.63) is 82.6 Å². The molecule has 2 N–H and O–H groups in total. The van der Waals surface area contributed by atoms with Crippen LogP contribution in [0.3, 0.4) is 0 Å². The first-order valence-electron chi connectivity index (χ1n) is 6.43. The molecule has 2 aromatic carbocycles. The van der Waals surface area contributed by atoms with E-state index in [1.54, 1.807) is 11.3 Å². The van der Waals surface area contributed by atoms with Crippen molar-refractivity contribution in [2.75, 3.05) is 0 Å². The third-order valence-electron chi connectivity index (χ3n) is 3.12. The Morgan fingerprint density at radius 3 is 2.10 bits per heavy atom. The van der Waals surface area contributed by atoms with E-state index in [1.165, 1.54) is 0 Å². The number of benzene rings is 2. The molecule has 3 aromatic rings. The van der Waals surface area contributed by atoms with Crippen LogP contribution in [0.2, 0.25) is 0 Å². The lowest BCUT2D eigenvalue weighted by atomic mass is 10.0. The minimum Gasteiger partial charge on any atom is -0.457 e. The van der Waals surface area contributed by atoms with Crippen molar-refractivity contribution in [2.45, 2.75) is 6.04 Å². The van der Waals surface area contributed by atoms with E-state index in [9.17, 15) is 0 Å². The summed E-state index contributed by atoms with van der Waals surface area (Å²) >= 11 is 1.66. The van der Waals surface area contributed by atoms with E-state index in [-0.39, 0.29) is 18.4 Å². The van der Waals surface area contributed by atoms with Gasteiger partial charge in [-0.15, -0.1) is 12.4 Å². The Morgan fingerprint density at radius 1 is 0.810 bits per heavy atom. The van der Waals surface area contributed by atoms with Gasteiger partial charge in [-0.05, 0) is 52.2 Å². The van der Waals surface area contributed by atoms with Crippen LogP contribution in [0.25, 0.3) is 0 Å². The molecular formula is C17H16ClNOS. The molecule has 108 valence electrons. The smallest absolute Gasteiger partial charge is 0.127 e. The van der Waals surface area contributed by atoms with E-state index in [2.05, 4.69) is 11.4 Å². The topological polar surface area (TPSA) is 35.2 Å². The van der Waals surface area contributed by atoms with Crippen LogP contribution in [0.5, 0.6) is 11.5 Å². The minimum absolute atomic E-state index is 0. The zero-order valence-electron chi connectivity index (χ0n) is 11.3. The second kappa shape index (κ2) is 7.27. The Bertz CT molecular complexity index is 653. The summed E-state index contributed by atoms with van der Waals surface area (Å²) in [5.41, 5.74) is 8.46. The molecule has 1 aromatic heterocycles. The maximum absolute atomic E-state index is 6.23. The van der Waals surface area contributed by atoms with Crippen LogP contribution in [-0.2, 0) is 0 Å². The number of nitrogens with two attached hydrogens (primary N) is 1. The summed E-state index contributed by atoms with van der Waals surface area (Å²) in [7, 11) is 0. The molecule has 0 amide bonds. The third-order valence-corrected chi connectivity index (χ3v) is 3.82. The zero-order valence-corrected chi connectivity index (χ0v) is 12.9. The predicted molar refractivity (Wildman–Crippen MR) is 90.6 cm³/mol. The number of ether oxygens (including phenoxy) is 1. The normalized spacial score (nSPS) is 11.5. The van der Waals surface area contributed by atoms with E-state index >= 15 is 0 Å². The first-order chi connectivity index (χ1) is 9.83. The fourth-order valence-corrected chi connectivity index (χ4v) is 2.71. The summed E-state index contributed by atoms with van der Waals surface area (Å²) in [4.78, 5) is 0. The molecule has 0 spiro atoms. The third kappa shape index (κ3) is 3.85. The number of thiophene rings is 1. The molecule has 4 heteroatoms. The highest BCUT2D eigenvalue weighted by molar-refractivity contribution is 7.08. The highest BCUT2D eigenvalue weighted by Gasteiger charge is 2.09. The highest BCUT2D eigenvalue weighted by atomic mass is 35.5. The standard InChI is InChI=1S/C17H15NOS.ClH/c18-17(14-10-11-20-12-14)13-6-8-16(9-7-13)19-15-4-2-1-3-5-15;/h1-12,17H,18H2;1H/t17-;/m1./s1. The molecule has 0 fully saturated rings. The Kier molecular flexibility index (Phi) is 5.39. The Balaban J connectivity index is 0.00000161. The van der Waals surface area contributed by atoms with Crippen molar-refractivity contribution >= 4 is 23.7 Å². The average molecular weight is 318 g/mol. The Labute approximate surface area is 134 Å². The van der Waals surface area contributed by atoms with Crippen LogP contribution in [0.15, 0.2) is 71.4 Å². The SMILES string of the molecule is Cl.N[C@H](c1ccc(Oc2ccccc2)cc1)c1ccsc1. The molecule has 2 nitrogen and oxygen atoms in total. The lowest BCUT2D eigenvalue weighted by molar-refractivity contribution is 0.482. The van der Waals surface area contributed by atoms with E-state index in [4.69, 9.17) is 10.5 Å². The van der Waals surface area contributed by atoms with Crippen molar-refractivity contribution < 1.29 is 4.74 Å². The van der Waals surface area contributed by atoms with Crippen molar-refractivity contribution in [1.82, 2.24) is 0 Å². The van der Waals surface area contributed by atoms with Gasteiger partial charge in [-0.1, -0.05) is 30.3 Å². The second-order valence-corrected chi connectivity index (χ2v) is 5.30. The zero-order chi connectivity index (χ0) is 13.8. The van der Waals surface area contributed by atoms with Crippen LogP contribution in [0, 0.1) is 0 Å². The molecular weight excluding hydrogens is 302 g/mol. The summed E-state index contributed by atoms with van der Waals surface area (Å²) in [6.45, 7) is 0. The first-order valence-corrected chi connectivity index (χ1v) is 7.38. The van der Waals surface area contributed by atoms with Gasteiger partial charge in [-0.3, -0.25) is 0 Å². The molecule has 0 unspecified atom stereocenters. The molecule has 0 saturated carbocycles.